The van der Waals surface area contributed by atoms with Crippen molar-refractivity contribution >= 4 is 0 Å². The maximum atomic E-state index is 5.90. The number of rotatable bonds is 3. The van der Waals surface area contributed by atoms with Gasteiger partial charge >= 0.3 is 0 Å². The monoisotopic (exact) mass is 355 g/mol. The van der Waals surface area contributed by atoms with E-state index in [2.05, 4.69) is 11.4 Å². The van der Waals surface area contributed by atoms with Gasteiger partial charge < -0.3 is 29.0 Å². The first-order chi connectivity index (χ1) is 12.8. The van der Waals surface area contributed by atoms with E-state index in [0.717, 1.165) is 59.1 Å². The highest BCUT2D eigenvalue weighted by atomic mass is 16.7. The third kappa shape index (κ3) is 1.90. The molecule has 2 aromatic carbocycles. The second-order valence-electron chi connectivity index (χ2n) is 6.65. The van der Waals surface area contributed by atoms with E-state index in [9.17, 15) is 0 Å². The normalized spacial score (nSPS) is 18.8. The van der Waals surface area contributed by atoms with Crippen LogP contribution in [0.5, 0.6) is 28.7 Å². The summed E-state index contributed by atoms with van der Waals surface area (Å²) < 4.78 is 28.6. The van der Waals surface area contributed by atoms with Crippen molar-refractivity contribution in [1.82, 2.24) is 5.32 Å². The third-order valence-corrected chi connectivity index (χ3v) is 5.56. The molecule has 6 nitrogen and oxygen atoms in total. The SMILES string of the molecule is COc1ccc2c(c1OC)C[C@H]1NCCc3c(OC)c4c(c-2c31)OCO4. The molecule has 6 heteroatoms. The molecule has 3 aliphatic rings. The second kappa shape index (κ2) is 5.71. The first-order valence-corrected chi connectivity index (χ1v) is 8.78. The molecule has 0 saturated carbocycles. The Morgan fingerprint density at radius 1 is 0.962 bits per heavy atom. The van der Waals surface area contributed by atoms with E-state index in [1.54, 1.807) is 21.3 Å². The van der Waals surface area contributed by atoms with E-state index in [4.69, 9.17) is 23.7 Å². The summed E-state index contributed by atoms with van der Waals surface area (Å²) in [6.07, 6.45) is 1.74. The van der Waals surface area contributed by atoms with Gasteiger partial charge in [-0.2, -0.15) is 0 Å². The Hall–Kier alpha value is -2.60. The van der Waals surface area contributed by atoms with Crippen LogP contribution >= 0.6 is 0 Å². The fourth-order valence-corrected chi connectivity index (χ4v) is 4.56. The molecule has 0 saturated heterocycles. The number of ether oxygens (including phenoxy) is 5. The molecular weight excluding hydrogens is 334 g/mol. The van der Waals surface area contributed by atoms with Gasteiger partial charge in [0.05, 0.1) is 21.3 Å². The molecule has 0 bridgehead atoms. The van der Waals surface area contributed by atoms with Crippen molar-refractivity contribution in [3.8, 4) is 39.9 Å². The van der Waals surface area contributed by atoms with Crippen molar-refractivity contribution in [2.45, 2.75) is 18.9 Å². The van der Waals surface area contributed by atoms with Crippen LogP contribution in [-0.4, -0.2) is 34.7 Å². The summed E-state index contributed by atoms with van der Waals surface area (Å²) in [6.45, 7) is 1.11. The molecule has 0 fully saturated rings. The summed E-state index contributed by atoms with van der Waals surface area (Å²) >= 11 is 0. The van der Waals surface area contributed by atoms with Crippen LogP contribution in [0.15, 0.2) is 12.1 Å². The Balaban J connectivity index is 1.87. The lowest BCUT2D eigenvalue weighted by atomic mass is 9.76. The molecule has 1 aliphatic carbocycles. The van der Waals surface area contributed by atoms with Crippen molar-refractivity contribution < 1.29 is 23.7 Å². The first-order valence-electron chi connectivity index (χ1n) is 8.78. The quantitative estimate of drug-likeness (QED) is 0.914. The van der Waals surface area contributed by atoms with Gasteiger partial charge in [-0.3, -0.25) is 0 Å². The summed E-state index contributed by atoms with van der Waals surface area (Å²) in [5.74, 6) is 3.82. The lowest BCUT2D eigenvalue weighted by molar-refractivity contribution is 0.171. The Morgan fingerprint density at radius 3 is 2.54 bits per heavy atom. The van der Waals surface area contributed by atoms with Crippen LogP contribution in [0, 0.1) is 0 Å². The number of nitrogens with one attached hydrogen (secondary N) is 1. The maximum absolute atomic E-state index is 5.90. The average Bonchev–Trinajstić information content (AvgIpc) is 3.16. The highest BCUT2D eigenvalue weighted by Gasteiger charge is 2.40. The standard InChI is InChI=1S/C20H21NO5/c1-22-14-5-4-10-12(17(14)23-2)8-13-15-11(6-7-21-13)18(24-3)20-19(16(10)15)25-9-26-20/h4-5,13,21H,6-9H2,1-3H3/t13-/m1/s1. The van der Waals surface area contributed by atoms with Gasteiger partial charge in [0, 0.05) is 22.7 Å². The van der Waals surface area contributed by atoms with Crippen molar-refractivity contribution in [2.75, 3.05) is 34.7 Å². The van der Waals surface area contributed by atoms with E-state index in [0.29, 0.717) is 5.75 Å². The van der Waals surface area contributed by atoms with E-state index in [-0.39, 0.29) is 12.8 Å². The lowest BCUT2D eigenvalue weighted by Gasteiger charge is -2.36. The molecule has 5 rings (SSSR count). The minimum atomic E-state index is 0.186. The van der Waals surface area contributed by atoms with Crippen molar-refractivity contribution in [3.05, 3.63) is 28.8 Å². The molecule has 2 aromatic rings. The Labute approximate surface area is 152 Å². The summed E-state index contributed by atoms with van der Waals surface area (Å²) in [6, 6.07) is 4.23. The molecule has 1 N–H and O–H groups in total. The van der Waals surface area contributed by atoms with Crippen LogP contribution in [0.2, 0.25) is 0 Å². The fraction of sp³-hybridized carbons (Fsp3) is 0.400. The Morgan fingerprint density at radius 2 is 1.77 bits per heavy atom. The number of fused-ring (bicyclic) bond motifs is 4. The van der Waals surface area contributed by atoms with Gasteiger partial charge in [0.15, 0.2) is 23.0 Å². The number of methoxy groups -OCH3 is 3. The summed E-state index contributed by atoms with van der Waals surface area (Å²) in [5, 5.41) is 3.64. The zero-order valence-electron chi connectivity index (χ0n) is 15.1. The highest BCUT2D eigenvalue weighted by Crippen LogP contribution is 2.58. The average molecular weight is 355 g/mol. The van der Waals surface area contributed by atoms with Crippen molar-refractivity contribution in [3.63, 3.8) is 0 Å². The van der Waals surface area contributed by atoms with Gasteiger partial charge in [0.1, 0.15) is 0 Å². The number of hydrogen-bond donors (Lipinski definition) is 1. The van der Waals surface area contributed by atoms with Crippen molar-refractivity contribution in [2.24, 2.45) is 0 Å². The van der Waals surface area contributed by atoms with Crippen LogP contribution in [0.1, 0.15) is 22.7 Å². The van der Waals surface area contributed by atoms with Gasteiger partial charge in [-0.15, -0.1) is 0 Å². The zero-order chi connectivity index (χ0) is 17.8. The van der Waals surface area contributed by atoms with E-state index in [1.165, 1.54) is 11.1 Å². The molecule has 0 unspecified atom stereocenters. The van der Waals surface area contributed by atoms with Gasteiger partial charge in [-0.25, -0.2) is 0 Å². The van der Waals surface area contributed by atoms with E-state index in [1.807, 2.05) is 6.07 Å². The van der Waals surface area contributed by atoms with E-state index < -0.39 is 0 Å². The molecule has 2 aliphatic heterocycles. The topological polar surface area (TPSA) is 58.2 Å². The minimum Gasteiger partial charge on any atom is -0.493 e. The zero-order valence-corrected chi connectivity index (χ0v) is 15.1. The van der Waals surface area contributed by atoms with Gasteiger partial charge in [-0.05, 0) is 42.6 Å². The Bertz CT molecular complexity index is 908. The van der Waals surface area contributed by atoms with Crippen LogP contribution in [-0.2, 0) is 12.8 Å². The smallest absolute Gasteiger partial charge is 0.231 e. The van der Waals surface area contributed by atoms with Crippen LogP contribution < -0.4 is 29.0 Å². The lowest BCUT2D eigenvalue weighted by Crippen LogP contribution is -2.34. The summed E-state index contributed by atoms with van der Waals surface area (Å²) in [4.78, 5) is 0. The minimum absolute atomic E-state index is 0.186. The molecule has 0 amide bonds. The molecule has 0 aromatic heterocycles. The predicted octanol–water partition coefficient (Wildman–Crippen LogP) is 2.85. The molecule has 26 heavy (non-hydrogen) atoms. The summed E-state index contributed by atoms with van der Waals surface area (Å²) in [7, 11) is 5.05. The second-order valence-corrected chi connectivity index (χ2v) is 6.65. The molecule has 0 radical (unpaired) electrons. The Kier molecular flexibility index (Phi) is 3.43. The van der Waals surface area contributed by atoms with Crippen molar-refractivity contribution in [1.29, 1.82) is 0 Å². The number of hydrogen-bond acceptors (Lipinski definition) is 6. The molecule has 2 heterocycles. The predicted molar refractivity (Wildman–Crippen MR) is 95.8 cm³/mol. The van der Waals surface area contributed by atoms with Gasteiger partial charge in [0.2, 0.25) is 12.5 Å². The molecule has 0 spiro atoms. The fourth-order valence-electron chi connectivity index (χ4n) is 4.56. The molecule has 136 valence electrons. The summed E-state index contributed by atoms with van der Waals surface area (Å²) in [5.41, 5.74) is 5.82. The molecule has 1 atom stereocenters. The van der Waals surface area contributed by atoms with Gasteiger partial charge in [0.25, 0.3) is 0 Å². The van der Waals surface area contributed by atoms with Crippen LogP contribution in [0.25, 0.3) is 11.1 Å². The van der Waals surface area contributed by atoms with Crippen LogP contribution in [0.3, 0.4) is 0 Å². The number of benzene rings is 2. The third-order valence-electron chi connectivity index (χ3n) is 5.56. The first kappa shape index (κ1) is 15.6. The maximum Gasteiger partial charge on any atom is 0.231 e. The largest absolute Gasteiger partial charge is 0.493 e. The molecular formula is C20H21NO5. The van der Waals surface area contributed by atoms with E-state index >= 15 is 0 Å². The van der Waals surface area contributed by atoms with Crippen LogP contribution in [0.4, 0.5) is 0 Å². The highest BCUT2D eigenvalue weighted by molar-refractivity contribution is 5.88. The van der Waals surface area contributed by atoms with Gasteiger partial charge in [-0.1, -0.05) is 0 Å².